The first-order chi connectivity index (χ1) is 17.1. The number of nitrogens with zero attached hydrogens (tertiary/aromatic N) is 4. The summed E-state index contributed by atoms with van der Waals surface area (Å²) in [6.07, 6.45) is 0.987. The molecule has 9 nitrogen and oxygen atoms in total. The van der Waals surface area contributed by atoms with Gasteiger partial charge in [-0.25, -0.2) is 13.2 Å². The van der Waals surface area contributed by atoms with Gasteiger partial charge in [-0.15, -0.1) is 0 Å². The first-order valence-electron chi connectivity index (χ1n) is 12.4. The molecule has 1 aromatic heterocycles. The number of hydrogen-bond acceptors (Lipinski definition) is 6. The summed E-state index contributed by atoms with van der Waals surface area (Å²) in [5.74, 6) is -0.591. The molecule has 0 spiro atoms. The lowest BCUT2D eigenvalue weighted by atomic mass is 9.95. The number of amides is 1. The molecular weight excluding hydrogens is 480 g/mol. The molecule has 0 bridgehead atoms. The summed E-state index contributed by atoms with van der Waals surface area (Å²) in [7, 11) is -2.17. The summed E-state index contributed by atoms with van der Waals surface area (Å²) in [5.41, 5.74) is 3.18. The molecule has 2 aliphatic rings. The minimum Gasteiger partial charge on any atom is -0.408 e. The second-order valence-corrected chi connectivity index (χ2v) is 11.8. The molecule has 192 valence electrons. The van der Waals surface area contributed by atoms with E-state index in [1.807, 2.05) is 4.90 Å². The van der Waals surface area contributed by atoms with Crippen molar-refractivity contribution in [2.75, 3.05) is 37.6 Å². The van der Waals surface area contributed by atoms with Gasteiger partial charge in [-0.1, -0.05) is 12.1 Å². The van der Waals surface area contributed by atoms with E-state index in [4.69, 9.17) is 4.42 Å². The summed E-state index contributed by atoms with van der Waals surface area (Å²) in [6, 6.07) is 13.1. The molecule has 1 unspecified atom stereocenters. The van der Waals surface area contributed by atoms with Crippen LogP contribution in [0.3, 0.4) is 0 Å². The van der Waals surface area contributed by atoms with Gasteiger partial charge in [0.05, 0.1) is 10.4 Å². The van der Waals surface area contributed by atoms with Crippen LogP contribution in [-0.4, -0.2) is 66.9 Å². The average Bonchev–Trinajstić information content (AvgIpc) is 3.16. The van der Waals surface area contributed by atoms with E-state index in [-0.39, 0.29) is 41.4 Å². The number of piperidine rings is 1. The predicted octanol–water partition coefficient (Wildman–Crippen LogP) is 2.58. The van der Waals surface area contributed by atoms with Crippen LogP contribution in [0, 0.1) is 12.8 Å². The third-order valence-electron chi connectivity index (χ3n) is 7.48. The zero-order valence-corrected chi connectivity index (χ0v) is 21.7. The Hall–Kier alpha value is -3.11. The first kappa shape index (κ1) is 24.6. The number of aryl methyl sites for hydroxylation is 2. The minimum atomic E-state index is -3.75. The minimum absolute atomic E-state index is 0.0928. The van der Waals surface area contributed by atoms with Gasteiger partial charge in [0.15, 0.2) is 5.58 Å². The number of carbonyl (C=O) groups is 1. The number of benzene rings is 2. The van der Waals surface area contributed by atoms with Crippen LogP contribution in [-0.2, 0) is 21.9 Å². The van der Waals surface area contributed by atoms with E-state index < -0.39 is 15.8 Å². The zero-order chi connectivity index (χ0) is 25.6. The van der Waals surface area contributed by atoms with Crippen LogP contribution in [0.15, 0.2) is 56.6 Å². The van der Waals surface area contributed by atoms with Gasteiger partial charge < -0.3 is 14.2 Å². The molecule has 2 saturated heterocycles. The summed E-state index contributed by atoms with van der Waals surface area (Å²) in [5, 5.41) is 0. The molecule has 2 fully saturated rings. The molecule has 3 heterocycles. The van der Waals surface area contributed by atoms with E-state index in [2.05, 4.69) is 43.0 Å². The quantitative estimate of drug-likeness (QED) is 0.533. The molecule has 10 heteroatoms. The van der Waals surface area contributed by atoms with E-state index in [1.165, 1.54) is 32.3 Å². The second-order valence-electron chi connectivity index (χ2n) is 9.90. The van der Waals surface area contributed by atoms with E-state index in [0.29, 0.717) is 31.4 Å². The van der Waals surface area contributed by atoms with E-state index >= 15 is 0 Å². The zero-order valence-electron chi connectivity index (χ0n) is 20.9. The summed E-state index contributed by atoms with van der Waals surface area (Å²) in [4.78, 5) is 29.4. The number of carbonyl (C=O) groups excluding carboxylic acids is 1. The monoisotopic (exact) mass is 512 g/mol. The van der Waals surface area contributed by atoms with Crippen LogP contribution >= 0.6 is 0 Å². The van der Waals surface area contributed by atoms with Crippen LogP contribution in [0.1, 0.15) is 25.3 Å². The van der Waals surface area contributed by atoms with Gasteiger partial charge in [-0.05, 0) is 56.5 Å². The Morgan fingerprint density at radius 1 is 1.03 bits per heavy atom. The van der Waals surface area contributed by atoms with Crippen molar-refractivity contribution < 1.29 is 17.6 Å². The molecule has 2 aromatic carbocycles. The third kappa shape index (κ3) is 4.43. The highest BCUT2D eigenvalue weighted by Gasteiger charge is 2.36. The summed E-state index contributed by atoms with van der Waals surface area (Å²) < 4.78 is 34.4. The van der Waals surface area contributed by atoms with E-state index in [9.17, 15) is 18.0 Å². The normalized spacial score (nSPS) is 20.2. The molecule has 1 amide bonds. The Kier molecular flexibility index (Phi) is 6.42. The van der Waals surface area contributed by atoms with Gasteiger partial charge >= 0.3 is 5.76 Å². The standard InChI is InChI=1S/C26H32N4O5S/c1-18-5-4-6-21(15-18)30-14-13-28(17-19(30)2)25(31)20-9-11-29(12-10-20)36(33,34)22-7-8-23-24(16-22)35-26(32)27(23)3/h4-8,15-16,19-20H,9-14,17H2,1-3H3. The number of rotatable bonds is 4. The van der Waals surface area contributed by atoms with Gasteiger partial charge in [-0.3, -0.25) is 9.36 Å². The van der Waals surface area contributed by atoms with Crippen molar-refractivity contribution in [3.05, 3.63) is 58.6 Å². The SMILES string of the molecule is Cc1cccc(N2CCN(C(=O)C3CCN(S(=O)(=O)c4ccc5c(c4)oc(=O)n5C)CC3)CC2C)c1. The Labute approximate surface area is 210 Å². The predicted molar refractivity (Wildman–Crippen MR) is 138 cm³/mol. The number of sulfonamides is 1. The van der Waals surface area contributed by atoms with Crippen molar-refractivity contribution >= 4 is 32.7 Å². The molecule has 2 aliphatic heterocycles. The summed E-state index contributed by atoms with van der Waals surface area (Å²) >= 11 is 0. The van der Waals surface area contributed by atoms with Crippen molar-refractivity contribution in [3.63, 3.8) is 0 Å². The highest BCUT2D eigenvalue weighted by atomic mass is 32.2. The fraction of sp³-hybridized carbons (Fsp3) is 0.462. The van der Waals surface area contributed by atoms with Gasteiger partial charge in [-0.2, -0.15) is 4.31 Å². The highest BCUT2D eigenvalue weighted by molar-refractivity contribution is 7.89. The fourth-order valence-corrected chi connectivity index (χ4v) is 6.86. The van der Waals surface area contributed by atoms with Gasteiger partial charge in [0, 0.05) is 63.5 Å². The van der Waals surface area contributed by atoms with Crippen molar-refractivity contribution in [3.8, 4) is 0 Å². The lowest BCUT2D eigenvalue weighted by Gasteiger charge is -2.43. The Morgan fingerprint density at radius 3 is 2.47 bits per heavy atom. The van der Waals surface area contributed by atoms with Crippen molar-refractivity contribution in [2.24, 2.45) is 13.0 Å². The van der Waals surface area contributed by atoms with Crippen LogP contribution in [0.25, 0.3) is 11.1 Å². The van der Waals surface area contributed by atoms with Crippen LogP contribution < -0.4 is 10.7 Å². The lowest BCUT2D eigenvalue weighted by molar-refractivity contribution is -0.137. The fourth-order valence-electron chi connectivity index (χ4n) is 5.37. The number of fused-ring (bicyclic) bond motifs is 1. The third-order valence-corrected chi connectivity index (χ3v) is 9.37. The topological polar surface area (TPSA) is 96.1 Å². The van der Waals surface area contributed by atoms with Crippen LogP contribution in [0.4, 0.5) is 5.69 Å². The molecule has 5 rings (SSSR count). The molecular formula is C26H32N4O5S. The number of anilines is 1. The van der Waals surface area contributed by atoms with Crippen molar-refractivity contribution in [1.82, 2.24) is 13.8 Å². The first-order valence-corrected chi connectivity index (χ1v) is 13.8. The molecule has 1 atom stereocenters. The maximum absolute atomic E-state index is 13.3. The molecule has 0 N–H and O–H groups in total. The number of hydrogen-bond donors (Lipinski definition) is 0. The number of piperazine rings is 1. The smallest absolute Gasteiger partial charge is 0.408 e. The molecule has 36 heavy (non-hydrogen) atoms. The Morgan fingerprint density at radius 2 is 1.78 bits per heavy atom. The second kappa shape index (κ2) is 9.40. The Balaban J connectivity index is 1.21. The van der Waals surface area contributed by atoms with E-state index in [1.54, 1.807) is 13.1 Å². The molecule has 0 radical (unpaired) electrons. The van der Waals surface area contributed by atoms with Gasteiger partial charge in [0.25, 0.3) is 0 Å². The van der Waals surface area contributed by atoms with Gasteiger partial charge in [0.1, 0.15) is 0 Å². The van der Waals surface area contributed by atoms with E-state index in [0.717, 1.165) is 6.54 Å². The maximum Gasteiger partial charge on any atom is 0.419 e. The molecule has 0 saturated carbocycles. The van der Waals surface area contributed by atoms with Gasteiger partial charge in [0.2, 0.25) is 15.9 Å². The molecule has 0 aliphatic carbocycles. The van der Waals surface area contributed by atoms with Crippen molar-refractivity contribution in [1.29, 1.82) is 0 Å². The largest absolute Gasteiger partial charge is 0.419 e. The number of aromatic nitrogens is 1. The molecule has 3 aromatic rings. The lowest BCUT2D eigenvalue weighted by Crippen LogP contribution is -2.55. The summed E-state index contributed by atoms with van der Waals surface area (Å²) in [6.45, 7) is 6.90. The van der Waals surface area contributed by atoms with Crippen molar-refractivity contribution in [2.45, 2.75) is 37.6 Å². The highest BCUT2D eigenvalue weighted by Crippen LogP contribution is 2.28. The Bertz CT molecular complexity index is 1450. The average molecular weight is 513 g/mol. The van der Waals surface area contributed by atoms with Crippen LogP contribution in [0.5, 0.6) is 0 Å². The van der Waals surface area contributed by atoms with Crippen LogP contribution in [0.2, 0.25) is 0 Å². The number of oxazole rings is 1. The maximum atomic E-state index is 13.3.